The van der Waals surface area contributed by atoms with Crippen molar-refractivity contribution in [3.05, 3.63) is 29.8 Å². The Kier molecular flexibility index (Phi) is 4.29. The summed E-state index contributed by atoms with van der Waals surface area (Å²) in [7, 11) is -1.97. The van der Waals surface area contributed by atoms with Crippen molar-refractivity contribution in [3.63, 3.8) is 0 Å². The lowest BCUT2D eigenvalue weighted by Crippen LogP contribution is -2.53. The average Bonchev–Trinajstić information content (AvgIpc) is 2.49. The fraction of sp³-hybridized carbons (Fsp3) is 0.429. The molecule has 1 aliphatic heterocycles. The molecule has 0 bridgehead atoms. The van der Waals surface area contributed by atoms with Crippen molar-refractivity contribution in [3.8, 4) is 12.1 Å². The molecule has 0 radical (unpaired) electrons. The summed E-state index contributed by atoms with van der Waals surface area (Å²) in [5.74, 6) is 0. The van der Waals surface area contributed by atoms with Gasteiger partial charge in [0.05, 0.1) is 16.5 Å². The molecule has 1 N–H and O–H groups in total. The van der Waals surface area contributed by atoms with Gasteiger partial charge in [0, 0.05) is 13.1 Å². The maximum absolute atomic E-state index is 12.5. The number of benzene rings is 1. The zero-order valence-corrected chi connectivity index (χ0v) is 12.5. The molecular formula is C14H16N4O2S. The molecule has 1 heterocycles. The van der Waals surface area contributed by atoms with Gasteiger partial charge in [0.25, 0.3) is 0 Å². The van der Waals surface area contributed by atoms with Gasteiger partial charge in [0.1, 0.15) is 11.6 Å². The summed E-state index contributed by atoms with van der Waals surface area (Å²) in [5.41, 5.74) is -1.03. The highest BCUT2D eigenvalue weighted by Crippen LogP contribution is 2.24. The zero-order valence-electron chi connectivity index (χ0n) is 11.7. The molecule has 7 heteroatoms. The number of nitriles is 2. The Bertz CT molecular complexity index is 707. The molecule has 1 aliphatic rings. The van der Waals surface area contributed by atoms with Crippen LogP contribution in [0.15, 0.2) is 29.2 Å². The number of sulfonamides is 1. The van der Waals surface area contributed by atoms with Crippen LogP contribution in [0, 0.1) is 22.7 Å². The lowest BCUT2D eigenvalue weighted by molar-refractivity contribution is 0.213. The van der Waals surface area contributed by atoms with Crippen LogP contribution in [0.4, 0.5) is 0 Å². The third-order valence-electron chi connectivity index (χ3n) is 3.68. The van der Waals surface area contributed by atoms with Gasteiger partial charge >= 0.3 is 0 Å². The molecule has 0 amide bonds. The van der Waals surface area contributed by atoms with Crippen molar-refractivity contribution in [2.75, 3.05) is 20.1 Å². The van der Waals surface area contributed by atoms with E-state index in [0.29, 0.717) is 25.9 Å². The Morgan fingerprint density at radius 3 is 2.43 bits per heavy atom. The Hall–Kier alpha value is -1.93. The van der Waals surface area contributed by atoms with Crippen molar-refractivity contribution in [2.24, 2.45) is 0 Å². The van der Waals surface area contributed by atoms with Gasteiger partial charge in [-0.2, -0.15) is 15.2 Å². The fourth-order valence-electron chi connectivity index (χ4n) is 2.34. The topological polar surface area (TPSA) is 97.0 Å². The molecule has 0 unspecified atom stereocenters. The molecule has 0 aromatic heterocycles. The van der Waals surface area contributed by atoms with Gasteiger partial charge in [-0.25, -0.2) is 8.42 Å². The summed E-state index contributed by atoms with van der Waals surface area (Å²) >= 11 is 0. The van der Waals surface area contributed by atoms with E-state index in [1.807, 2.05) is 18.0 Å². The highest BCUT2D eigenvalue weighted by atomic mass is 32.2. The summed E-state index contributed by atoms with van der Waals surface area (Å²) in [6.07, 6.45) is 0.849. The summed E-state index contributed by atoms with van der Waals surface area (Å²) < 4.78 is 27.5. The monoisotopic (exact) mass is 304 g/mol. The highest BCUT2D eigenvalue weighted by molar-refractivity contribution is 7.89. The Balaban J connectivity index is 2.33. The molecule has 1 aromatic carbocycles. The van der Waals surface area contributed by atoms with Crippen LogP contribution >= 0.6 is 0 Å². The highest BCUT2D eigenvalue weighted by Gasteiger charge is 2.38. The standard InChI is InChI=1S/C14H16N4O2S/c1-18-8-6-14(11-16,7-9-18)17-21(19,20)13-5-3-2-4-12(13)10-15/h2-5,17H,6-9H2,1H3. The molecule has 2 rings (SSSR count). The molecule has 1 fully saturated rings. The van der Waals surface area contributed by atoms with Crippen LogP contribution in [0.3, 0.4) is 0 Å². The van der Waals surface area contributed by atoms with Crippen LogP contribution in [0.2, 0.25) is 0 Å². The van der Waals surface area contributed by atoms with E-state index >= 15 is 0 Å². The minimum atomic E-state index is -3.90. The number of hydrogen-bond acceptors (Lipinski definition) is 5. The van der Waals surface area contributed by atoms with E-state index in [-0.39, 0.29) is 10.5 Å². The predicted molar refractivity (Wildman–Crippen MR) is 76.6 cm³/mol. The van der Waals surface area contributed by atoms with E-state index in [2.05, 4.69) is 10.8 Å². The van der Waals surface area contributed by atoms with E-state index in [4.69, 9.17) is 5.26 Å². The molecule has 0 spiro atoms. The number of likely N-dealkylation sites (tertiary alicyclic amines) is 1. The van der Waals surface area contributed by atoms with Crippen molar-refractivity contribution < 1.29 is 8.42 Å². The van der Waals surface area contributed by atoms with E-state index < -0.39 is 15.6 Å². The molecule has 0 aliphatic carbocycles. The van der Waals surface area contributed by atoms with Crippen LogP contribution in [0.5, 0.6) is 0 Å². The van der Waals surface area contributed by atoms with E-state index in [1.54, 1.807) is 12.1 Å². The molecule has 110 valence electrons. The van der Waals surface area contributed by atoms with Gasteiger partial charge in [-0.05, 0) is 32.0 Å². The molecule has 1 saturated heterocycles. The van der Waals surface area contributed by atoms with Gasteiger partial charge < -0.3 is 4.90 Å². The maximum Gasteiger partial charge on any atom is 0.243 e. The van der Waals surface area contributed by atoms with E-state index in [0.717, 1.165) is 0 Å². The summed E-state index contributed by atoms with van der Waals surface area (Å²) in [6.45, 7) is 1.30. The third kappa shape index (κ3) is 3.22. The predicted octanol–water partition coefficient (Wildman–Crippen LogP) is 0.825. The minimum absolute atomic E-state index is 0.0750. The summed E-state index contributed by atoms with van der Waals surface area (Å²) in [5, 5.41) is 18.4. The number of rotatable bonds is 3. The van der Waals surface area contributed by atoms with Crippen molar-refractivity contribution in [1.82, 2.24) is 9.62 Å². The first-order valence-corrected chi connectivity index (χ1v) is 8.04. The largest absolute Gasteiger partial charge is 0.306 e. The van der Waals surface area contributed by atoms with Crippen molar-refractivity contribution >= 4 is 10.0 Å². The SMILES string of the molecule is CN1CCC(C#N)(NS(=O)(=O)c2ccccc2C#N)CC1. The zero-order chi connectivity index (χ0) is 15.5. The van der Waals surface area contributed by atoms with Gasteiger partial charge in [0.2, 0.25) is 10.0 Å². The Labute approximate surface area is 124 Å². The lowest BCUT2D eigenvalue weighted by atomic mass is 9.91. The van der Waals surface area contributed by atoms with Crippen LogP contribution in [-0.4, -0.2) is 39.0 Å². The second-order valence-corrected chi connectivity index (χ2v) is 6.86. The molecule has 0 saturated carbocycles. The lowest BCUT2D eigenvalue weighted by Gasteiger charge is -2.35. The fourth-order valence-corrected chi connectivity index (χ4v) is 3.88. The average molecular weight is 304 g/mol. The van der Waals surface area contributed by atoms with Crippen molar-refractivity contribution in [2.45, 2.75) is 23.3 Å². The first-order valence-electron chi connectivity index (χ1n) is 6.55. The number of piperidine rings is 1. The normalized spacial score (nSPS) is 18.6. The third-order valence-corrected chi connectivity index (χ3v) is 5.28. The Morgan fingerprint density at radius 1 is 1.24 bits per heavy atom. The van der Waals surface area contributed by atoms with Gasteiger partial charge in [0.15, 0.2) is 0 Å². The maximum atomic E-state index is 12.5. The molecule has 21 heavy (non-hydrogen) atoms. The number of nitrogens with zero attached hydrogens (tertiary/aromatic N) is 3. The minimum Gasteiger partial charge on any atom is -0.306 e. The van der Waals surface area contributed by atoms with Crippen LogP contribution < -0.4 is 4.72 Å². The van der Waals surface area contributed by atoms with Crippen LogP contribution in [0.25, 0.3) is 0 Å². The molecule has 1 aromatic rings. The first-order chi connectivity index (χ1) is 9.92. The van der Waals surface area contributed by atoms with E-state index in [1.165, 1.54) is 12.1 Å². The van der Waals surface area contributed by atoms with Gasteiger partial charge in [-0.3, -0.25) is 0 Å². The summed E-state index contributed by atoms with van der Waals surface area (Å²) in [4.78, 5) is 1.97. The molecular weight excluding hydrogens is 288 g/mol. The van der Waals surface area contributed by atoms with E-state index in [9.17, 15) is 13.7 Å². The van der Waals surface area contributed by atoms with Crippen LogP contribution in [0.1, 0.15) is 18.4 Å². The van der Waals surface area contributed by atoms with Crippen molar-refractivity contribution in [1.29, 1.82) is 10.5 Å². The summed E-state index contributed by atoms with van der Waals surface area (Å²) in [6, 6.07) is 9.95. The quantitative estimate of drug-likeness (QED) is 0.892. The second-order valence-electron chi connectivity index (χ2n) is 5.21. The van der Waals surface area contributed by atoms with Crippen LogP contribution in [-0.2, 0) is 10.0 Å². The van der Waals surface area contributed by atoms with Gasteiger partial charge in [-0.15, -0.1) is 0 Å². The second kappa shape index (κ2) is 5.82. The molecule has 6 nitrogen and oxygen atoms in total. The first kappa shape index (κ1) is 15.5. The number of nitrogens with one attached hydrogen (secondary N) is 1. The molecule has 0 atom stereocenters. The Morgan fingerprint density at radius 2 is 1.86 bits per heavy atom. The van der Waals surface area contributed by atoms with Gasteiger partial charge in [-0.1, -0.05) is 12.1 Å². The smallest absolute Gasteiger partial charge is 0.243 e. The number of hydrogen-bond donors (Lipinski definition) is 1.